The van der Waals surface area contributed by atoms with Gasteiger partial charge < -0.3 is 10.0 Å². The van der Waals surface area contributed by atoms with E-state index < -0.39 is 32.9 Å². The predicted molar refractivity (Wildman–Crippen MR) is 94.4 cm³/mol. The lowest BCUT2D eigenvalue weighted by Gasteiger charge is -2.37. The minimum Gasteiger partial charge on any atom is -0.481 e. The Bertz CT molecular complexity index is 823. The van der Waals surface area contributed by atoms with Gasteiger partial charge in [0.15, 0.2) is 0 Å². The van der Waals surface area contributed by atoms with Gasteiger partial charge in [0, 0.05) is 37.7 Å². The van der Waals surface area contributed by atoms with Crippen molar-refractivity contribution in [3.63, 3.8) is 0 Å². The molecule has 0 bridgehead atoms. The molecular formula is C16H21N3O7S. The highest BCUT2D eigenvalue weighted by molar-refractivity contribution is 7.89. The second-order valence-electron chi connectivity index (χ2n) is 6.31. The number of rotatable bonds is 7. The molecule has 10 nitrogen and oxygen atoms in total. The van der Waals surface area contributed by atoms with Crippen LogP contribution in [0.1, 0.15) is 26.2 Å². The molecule has 1 amide bonds. The number of nitro groups is 1. The maximum absolute atomic E-state index is 12.3. The molecule has 1 fully saturated rings. The highest BCUT2D eigenvalue weighted by Gasteiger charge is 2.35. The number of aliphatic carboxylic acids is 1. The van der Waals surface area contributed by atoms with Gasteiger partial charge in [-0.1, -0.05) is 0 Å². The number of nitrogens with one attached hydrogen (secondary N) is 1. The summed E-state index contributed by atoms with van der Waals surface area (Å²) in [7, 11) is -3.90. The van der Waals surface area contributed by atoms with Crippen LogP contribution in [-0.2, 0) is 19.6 Å². The van der Waals surface area contributed by atoms with E-state index in [-0.39, 0.29) is 29.5 Å². The Morgan fingerprint density at radius 1 is 1.33 bits per heavy atom. The molecule has 11 heteroatoms. The molecule has 2 N–H and O–H groups in total. The van der Waals surface area contributed by atoms with Crippen molar-refractivity contribution in [1.29, 1.82) is 0 Å². The van der Waals surface area contributed by atoms with Crippen LogP contribution in [0, 0.1) is 16.0 Å². The lowest BCUT2D eigenvalue weighted by Crippen LogP contribution is -2.49. The van der Waals surface area contributed by atoms with Crippen LogP contribution in [0.2, 0.25) is 0 Å². The zero-order valence-corrected chi connectivity index (χ0v) is 15.5. The third kappa shape index (κ3) is 5.01. The van der Waals surface area contributed by atoms with Gasteiger partial charge in [-0.2, -0.15) is 0 Å². The third-order valence-corrected chi connectivity index (χ3v) is 6.09. The minimum absolute atomic E-state index is 0.108. The van der Waals surface area contributed by atoms with Crippen molar-refractivity contribution in [3.8, 4) is 0 Å². The van der Waals surface area contributed by atoms with Gasteiger partial charge in [0.05, 0.1) is 15.7 Å². The Kier molecular flexibility index (Phi) is 6.50. The van der Waals surface area contributed by atoms with E-state index >= 15 is 0 Å². The first kappa shape index (κ1) is 20.8. The second kappa shape index (κ2) is 8.44. The van der Waals surface area contributed by atoms with Crippen molar-refractivity contribution >= 4 is 27.6 Å². The average molecular weight is 399 g/mol. The summed E-state index contributed by atoms with van der Waals surface area (Å²) in [5, 5.41) is 19.8. The highest BCUT2D eigenvalue weighted by atomic mass is 32.2. The highest BCUT2D eigenvalue weighted by Crippen LogP contribution is 2.24. The number of nitro benzene ring substituents is 1. The van der Waals surface area contributed by atoms with E-state index in [1.54, 1.807) is 6.92 Å². The van der Waals surface area contributed by atoms with E-state index in [0.29, 0.717) is 19.4 Å². The first-order chi connectivity index (χ1) is 12.6. The van der Waals surface area contributed by atoms with Crippen molar-refractivity contribution in [2.24, 2.45) is 5.92 Å². The van der Waals surface area contributed by atoms with Crippen molar-refractivity contribution < 1.29 is 28.0 Å². The molecule has 1 saturated heterocycles. The SMILES string of the molecule is C[C@@H]1[C@H](C(=O)O)CCCN1C(=O)CCNS(=O)(=O)c1ccc([N+](=O)[O-])cc1. The Hall–Kier alpha value is -2.53. The maximum Gasteiger partial charge on any atom is 0.308 e. The number of sulfonamides is 1. The predicted octanol–water partition coefficient (Wildman–Crippen LogP) is 0.975. The van der Waals surface area contributed by atoms with Crippen LogP contribution in [0.25, 0.3) is 0 Å². The van der Waals surface area contributed by atoms with E-state index in [2.05, 4.69) is 4.72 Å². The number of non-ortho nitro benzene ring substituents is 1. The molecule has 2 atom stereocenters. The number of hydrogen-bond acceptors (Lipinski definition) is 6. The van der Waals surface area contributed by atoms with E-state index in [9.17, 15) is 33.2 Å². The number of piperidine rings is 1. The number of likely N-dealkylation sites (tertiary alicyclic amines) is 1. The molecule has 0 spiro atoms. The summed E-state index contributed by atoms with van der Waals surface area (Å²) in [5.41, 5.74) is -0.226. The maximum atomic E-state index is 12.3. The van der Waals surface area contributed by atoms with Crippen LogP contribution in [0.4, 0.5) is 5.69 Å². The van der Waals surface area contributed by atoms with Crippen LogP contribution >= 0.6 is 0 Å². The molecule has 0 saturated carbocycles. The molecule has 0 radical (unpaired) electrons. The first-order valence-electron chi connectivity index (χ1n) is 8.40. The van der Waals surface area contributed by atoms with Gasteiger partial charge in [-0.25, -0.2) is 13.1 Å². The van der Waals surface area contributed by atoms with E-state index in [1.165, 1.54) is 4.90 Å². The van der Waals surface area contributed by atoms with Gasteiger partial charge in [0.2, 0.25) is 15.9 Å². The lowest BCUT2D eigenvalue weighted by molar-refractivity contribution is -0.384. The van der Waals surface area contributed by atoms with Gasteiger partial charge in [-0.15, -0.1) is 0 Å². The van der Waals surface area contributed by atoms with Crippen molar-refractivity contribution in [3.05, 3.63) is 34.4 Å². The summed E-state index contributed by atoms with van der Waals surface area (Å²) < 4.78 is 26.7. The van der Waals surface area contributed by atoms with Crippen LogP contribution in [-0.4, -0.2) is 54.4 Å². The number of carbonyl (C=O) groups is 2. The van der Waals surface area contributed by atoms with Gasteiger partial charge in [-0.3, -0.25) is 19.7 Å². The van der Waals surface area contributed by atoms with Crippen LogP contribution < -0.4 is 4.72 Å². The van der Waals surface area contributed by atoms with Crippen molar-refractivity contribution in [1.82, 2.24) is 9.62 Å². The van der Waals surface area contributed by atoms with Gasteiger partial charge in [0.1, 0.15) is 0 Å². The molecule has 27 heavy (non-hydrogen) atoms. The number of benzene rings is 1. The van der Waals surface area contributed by atoms with Crippen molar-refractivity contribution in [2.45, 2.75) is 37.1 Å². The fourth-order valence-electron chi connectivity index (χ4n) is 3.09. The number of hydrogen-bond donors (Lipinski definition) is 2. The topological polar surface area (TPSA) is 147 Å². The molecule has 0 unspecified atom stereocenters. The number of carboxylic acids is 1. The quantitative estimate of drug-likeness (QED) is 0.513. The molecule has 1 aliphatic heterocycles. The fourth-order valence-corrected chi connectivity index (χ4v) is 4.12. The Morgan fingerprint density at radius 3 is 2.52 bits per heavy atom. The molecular weight excluding hydrogens is 378 g/mol. The monoisotopic (exact) mass is 399 g/mol. The average Bonchev–Trinajstić information content (AvgIpc) is 2.61. The number of amides is 1. The molecule has 1 aliphatic rings. The summed E-state index contributed by atoms with van der Waals surface area (Å²) in [6.07, 6.45) is 0.984. The zero-order valence-electron chi connectivity index (χ0n) is 14.7. The van der Waals surface area contributed by atoms with E-state index in [1.807, 2.05) is 0 Å². The van der Waals surface area contributed by atoms with E-state index in [0.717, 1.165) is 24.3 Å². The standard InChI is InChI=1S/C16H21N3O7S/c1-11-14(16(21)22)3-2-10-18(11)15(20)8-9-17-27(25,26)13-6-4-12(5-7-13)19(23)24/h4-7,11,14,17H,2-3,8-10H2,1H3,(H,21,22)/t11-,14-/m1/s1. The molecule has 0 aromatic heterocycles. The first-order valence-corrected chi connectivity index (χ1v) is 9.88. The van der Waals surface area contributed by atoms with Gasteiger partial charge >= 0.3 is 5.97 Å². The summed E-state index contributed by atoms with van der Waals surface area (Å²) >= 11 is 0. The molecule has 148 valence electrons. The molecule has 1 heterocycles. The summed E-state index contributed by atoms with van der Waals surface area (Å²) in [4.78, 5) is 34.9. The Morgan fingerprint density at radius 2 is 1.96 bits per heavy atom. The summed E-state index contributed by atoms with van der Waals surface area (Å²) in [6.45, 7) is 1.97. The third-order valence-electron chi connectivity index (χ3n) is 4.61. The van der Waals surface area contributed by atoms with E-state index in [4.69, 9.17) is 0 Å². The Balaban J connectivity index is 1.93. The minimum atomic E-state index is -3.90. The zero-order chi connectivity index (χ0) is 20.2. The summed E-state index contributed by atoms with van der Waals surface area (Å²) in [6, 6.07) is 3.95. The molecule has 1 aromatic rings. The summed E-state index contributed by atoms with van der Waals surface area (Å²) in [5.74, 6) is -1.89. The number of carbonyl (C=O) groups excluding carboxylic acids is 1. The number of nitrogens with zero attached hydrogens (tertiary/aromatic N) is 2. The van der Waals surface area contributed by atoms with Crippen LogP contribution in [0.15, 0.2) is 29.2 Å². The molecule has 0 aliphatic carbocycles. The smallest absolute Gasteiger partial charge is 0.308 e. The van der Waals surface area contributed by atoms with Gasteiger partial charge in [-0.05, 0) is 31.9 Å². The fraction of sp³-hybridized carbons (Fsp3) is 0.500. The molecule has 1 aromatic carbocycles. The normalized spacial score (nSPS) is 20.3. The van der Waals surface area contributed by atoms with Crippen LogP contribution in [0.5, 0.6) is 0 Å². The van der Waals surface area contributed by atoms with Crippen molar-refractivity contribution in [2.75, 3.05) is 13.1 Å². The number of carboxylic acid groups (broad SMARTS) is 1. The lowest BCUT2D eigenvalue weighted by atomic mass is 9.90. The Labute approximate surface area is 156 Å². The van der Waals surface area contributed by atoms with Crippen LogP contribution in [0.3, 0.4) is 0 Å². The van der Waals surface area contributed by atoms with Gasteiger partial charge in [0.25, 0.3) is 5.69 Å². The largest absolute Gasteiger partial charge is 0.481 e. The second-order valence-corrected chi connectivity index (χ2v) is 8.08. The molecule has 2 rings (SSSR count).